The Morgan fingerprint density at radius 3 is 1.55 bits per heavy atom. The Bertz CT molecular complexity index is 244. The first kappa shape index (κ1) is 23.0. The van der Waals surface area contributed by atoms with Crippen molar-refractivity contribution >= 4 is 43.5 Å². The molecule has 0 bridgehead atoms. The number of ether oxygens (including phenoxy) is 5. The molecule has 0 aliphatic heterocycles. The molecule has 0 radical (unpaired) electrons. The van der Waals surface area contributed by atoms with Crippen LogP contribution >= 0.6 is 43.5 Å². The van der Waals surface area contributed by atoms with Crippen LogP contribution < -0.4 is 0 Å². The monoisotopic (exact) mass is 472 g/mol. The lowest BCUT2D eigenvalue weighted by atomic mass is 10.7. The van der Waals surface area contributed by atoms with Crippen LogP contribution in [0.25, 0.3) is 0 Å². The van der Waals surface area contributed by atoms with Gasteiger partial charge in [-0.15, -0.1) is 0 Å². The number of halogens is 3. The maximum atomic E-state index is 9.31. The Kier molecular flexibility index (Phi) is 16.2. The third-order valence-electron chi connectivity index (χ3n) is 2.12. The molecule has 2 N–H and O–H groups in total. The maximum Gasteiger partial charge on any atom is 0.231 e. The van der Waals surface area contributed by atoms with Gasteiger partial charge < -0.3 is 33.9 Å². The van der Waals surface area contributed by atoms with Crippen molar-refractivity contribution < 1.29 is 33.9 Å². The zero-order chi connectivity index (χ0) is 16.7. The topological polar surface area (TPSA) is 86.6 Å². The molecule has 22 heavy (non-hydrogen) atoms. The highest BCUT2D eigenvalue weighted by Crippen LogP contribution is 2.30. The van der Waals surface area contributed by atoms with Crippen molar-refractivity contribution in [2.24, 2.45) is 0 Å². The molecule has 0 rings (SSSR count). The van der Waals surface area contributed by atoms with Crippen LogP contribution in [0.2, 0.25) is 0 Å². The van der Waals surface area contributed by atoms with Gasteiger partial charge >= 0.3 is 0 Å². The molecule has 0 aliphatic carbocycles. The van der Waals surface area contributed by atoms with E-state index in [-0.39, 0.29) is 13.2 Å². The summed E-state index contributed by atoms with van der Waals surface area (Å²) in [5, 5.41) is 17.1. The molecular weight excluding hydrogens is 451 g/mol. The van der Waals surface area contributed by atoms with E-state index in [0.29, 0.717) is 52.9 Å². The van der Waals surface area contributed by atoms with Gasteiger partial charge in [0.05, 0.1) is 66.1 Å². The minimum Gasteiger partial charge on any atom is -0.394 e. The van der Waals surface area contributed by atoms with Gasteiger partial charge in [0.2, 0.25) is 3.97 Å². The van der Waals surface area contributed by atoms with Gasteiger partial charge in [0.15, 0.2) is 5.01 Å². The molecule has 10 heteroatoms. The third kappa shape index (κ3) is 15.9. The zero-order valence-corrected chi connectivity index (χ0v) is 16.1. The lowest BCUT2D eigenvalue weighted by Crippen LogP contribution is -2.28. The van der Waals surface area contributed by atoms with E-state index >= 15 is 0 Å². The average Bonchev–Trinajstić information content (AvgIpc) is 2.46. The predicted molar refractivity (Wildman–Crippen MR) is 88.8 cm³/mol. The minimum atomic E-state index is -1.64. The van der Waals surface area contributed by atoms with Crippen molar-refractivity contribution in [2.45, 2.75) is 8.98 Å². The van der Waals surface area contributed by atoms with Crippen LogP contribution in [-0.2, 0) is 23.7 Å². The van der Waals surface area contributed by atoms with Crippen LogP contribution in [0.1, 0.15) is 0 Å². The minimum absolute atomic E-state index is 0.0211. The van der Waals surface area contributed by atoms with Gasteiger partial charge in [-0.05, 0) is 15.9 Å². The van der Waals surface area contributed by atoms with E-state index in [1.807, 2.05) is 0 Å². The molecule has 0 spiro atoms. The van der Waals surface area contributed by atoms with Crippen LogP contribution in [0.3, 0.4) is 0 Å². The van der Waals surface area contributed by atoms with E-state index < -0.39 is 8.98 Å². The number of hydrogen-bond donors (Lipinski definition) is 2. The average molecular weight is 475 g/mol. The highest BCUT2D eigenvalue weighted by molar-refractivity contribution is 9.12. The van der Waals surface area contributed by atoms with Crippen LogP contribution in [0.5, 0.6) is 0 Å². The fourth-order valence-electron chi connectivity index (χ4n) is 1.14. The van der Waals surface area contributed by atoms with E-state index in [1.54, 1.807) is 0 Å². The summed E-state index contributed by atoms with van der Waals surface area (Å²) in [4.78, 5) is 0. The van der Waals surface area contributed by atoms with Crippen LogP contribution in [0, 0.1) is 0 Å². The summed E-state index contributed by atoms with van der Waals surface area (Å²) in [6.45, 7) is 3.80. The normalized spacial score (nSPS) is 15.7. The summed E-state index contributed by atoms with van der Waals surface area (Å²) in [5.41, 5.74) is 0. The summed E-state index contributed by atoms with van der Waals surface area (Å²) in [5.74, 6) is 0. The number of alkyl halides is 3. The maximum absolute atomic E-state index is 9.31. The molecule has 0 aromatic rings. The predicted octanol–water partition coefficient (Wildman–Crippen LogP) is 1.06. The molecule has 0 fully saturated rings. The fraction of sp³-hybridized carbons (Fsp3) is 1.00. The van der Waals surface area contributed by atoms with E-state index in [1.165, 1.54) is 0 Å². The lowest BCUT2D eigenvalue weighted by Gasteiger charge is -2.19. The molecule has 0 saturated heterocycles. The van der Waals surface area contributed by atoms with Gasteiger partial charge in [-0.25, -0.2) is 0 Å². The van der Waals surface area contributed by atoms with Gasteiger partial charge in [-0.1, -0.05) is 27.5 Å². The Morgan fingerprint density at radius 2 is 1.18 bits per heavy atom. The van der Waals surface area contributed by atoms with Gasteiger partial charge in [-0.2, -0.15) is 0 Å². The Labute approximate surface area is 152 Å². The van der Waals surface area contributed by atoms with Crippen LogP contribution in [0.4, 0.5) is 0 Å². The number of aliphatic hydroxyl groups excluding tert-OH is 1. The summed E-state index contributed by atoms with van der Waals surface area (Å²) in [6.07, 6.45) is 0. The first-order chi connectivity index (χ1) is 10.5. The largest absolute Gasteiger partial charge is 0.394 e. The Hall–Kier alpha value is 0.970. The second-order valence-corrected chi connectivity index (χ2v) is 7.02. The van der Waals surface area contributed by atoms with Gasteiger partial charge in [0.25, 0.3) is 0 Å². The van der Waals surface area contributed by atoms with E-state index in [2.05, 4.69) is 31.9 Å². The number of rotatable bonds is 16. The molecule has 7 nitrogen and oxygen atoms in total. The first-order valence-electron chi connectivity index (χ1n) is 6.76. The van der Waals surface area contributed by atoms with Crippen molar-refractivity contribution in [1.29, 1.82) is 0 Å². The van der Waals surface area contributed by atoms with Crippen molar-refractivity contribution in [2.75, 3.05) is 66.1 Å². The molecule has 0 aromatic heterocycles. The molecule has 0 saturated carbocycles. The molecular formula is C12H23Br2ClO7. The van der Waals surface area contributed by atoms with Gasteiger partial charge in [0.1, 0.15) is 0 Å². The highest BCUT2D eigenvalue weighted by atomic mass is 79.9. The van der Waals surface area contributed by atoms with E-state index in [9.17, 15) is 5.11 Å². The van der Waals surface area contributed by atoms with Crippen LogP contribution in [0.15, 0.2) is 0 Å². The third-order valence-corrected chi connectivity index (χ3v) is 4.54. The van der Waals surface area contributed by atoms with E-state index in [0.717, 1.165) is 0 Å². The number of aliphatic hydroxyl groups is 2. The molecule has 2 unspecified atom stereocenters. The molecule has 2 atom stereocenters. The standard InChI is InChI=1S/C12H23Br2ClO7/c13-11(12(14,15)17)22-10-9-21-8-7-20-6-5-19-4-3-18-2-1-16/h11,16-17H,1-10H2. The molecule has 0 aromatic carbocycles. The van der Waals surface area contributed by atoms with Gasteiger partial charge in [0, 0.05) is 0 Å². The molecule has 134 valence electrons. The van der Waals surface area contributed by atoms with Gasteiger partial charge in [-0.3, -0.25) is 0 Å². The fourth-order valence-corrected chi connectivity index (χ4v) is 1.52. The SMILES string of the molecule is OCCOCCOCCOCCOCCOC(Br)C(O)(Cl)Br. The second-order valence-electron chi connectivity index (χ2n) is 3.95. The molecule has 0 heterocycles. The Morgan fingerprint density at radius 1 is 0.818 bits per heavy atom. The van der Waals surface area contributed by atoms with E-state index in [4.69, 9.17) is 40.4 Å². The van der Waals surface area contributed by atoms with Crippen molar-refractivity contribution in [3.63, 3.8) is 0 Å². The van der Waals surface area contributed by atoms with Crippen LogP contribution in [-0.4, -0.2) is 85.3 Å². The lowest BCUT2D eigenvalue weighted by molar-refractivity contribution is -0.0223. The molecule has 0 amide bonds. The first-order valence-corrected chi connectivity index (χ1v) is 8.85. The quantitative estimate of drug-likeness (QED) is 0.256. The van der Waals surface area contributed by atoms with Crippen molar-refractivity contribution in [3.8, 4) is 0 Å². The summed E-state index contributed by atoms with van der Waals surface area (Å²) in [7, 11) is 0. The summed E-state index contributed by atoms with van der Waals surface area (Å²) in [6, 6.07) is 0. The van der Waals surface area contributed by atoms with Crippen molar-refractivity contribution in [3.05, 3.63) is 0 Å². The highest BCUT2D eigenvalue weighted by Gasteiger charge is 2.29. The Balaban J connectivity index is 3.12. The second kappa shape index (κ2) is 15.5. The molecule has 0 aliphatic rings. The number of hydrogen-bond acceptors (Lipinski definition) is 7. The van der Waals surface area contributed by atoms with Crippen molar-refractivity contribution in [1.82, 2.24) is 0 Å². The zero-order valence-electron chi connectivity index (χ0n) is 12.2. The smallest absolute Gasteiger partial charge is 0.231 e. The summed E-state index contributed by atoms with van der Waals surface area (Å²) >= 11 is 11.5. The summed E-state index contributed by atoms with van der Waals surface area (Å²) < 4.78 is 24.4.